The van der Waals surface area contributed by atoms with Crippen LogP contribution in [0.4, 0.5) is 0 Å². The Bertz CT molecular complexity index is 336. The number of aliphatic imine (C=N–C) groups is 1. The van der Waals surface area contributed by atoms with Gasteiger partial charge in [0, 0.05) is 18.5 Å². The van der Waals surface area contributed by atoms with E-state index in [-0.39, 0.29) is 36.8 Å². The second kappa shape index (κ2) is 10.1. The molecule has 132 valence electrons. The summed E-state index contributed by atoms with van der Waals surface area (Å²) in [7, 11) is 2.27. The molecule has 1 N–H and O–H groups in total. The average Bonchev–Trinajstić information content (AvgIpc) is 2.93. The number of rotatable bonds is 0. The fraction of sp³-hybridized carbons (Fsp3) is 0.944. The van der Waals surface area contributed by atoms with E-state index in [9.17, 15) is 0 Å². The van der Waals surface area contributed by atoms with Gasteiger partial charge in [-0.25, -0.2) is 0 Å². The first-order chi connectivity index (χ1) is 9.47. The fourth-order valence-electron chi connectivity index (χ4n) is 3.68. The van der Waals surface area contributed by atoms with Crippen molar-refractivity contribution in [2.75, 3.05) is 33.2 Å². The molecule has 1 saturated heterocycles. The summed E-state index contributed by atoms with van der Waals surface area (Å²) in [5, 5.41) is 3.25. The van der Waals surface area contributed by atoms with Crippen LogP contribution in [0.15, 0.2) is 4.99 Å². The third-order valence-corrected chi connectivity index (χ3v) is 4.88. The molecule has 2 atom stereocenters. The number of hydrogen-bond acceptors (Lipinski definition) is 3. The molecule has 3 nitrogen and oxygen atoms in total. The predicted octanol–water partition coefficient (Wildman–Crippen LogP) is 4.42. The Kier molecular flexibility index (Phi) is 10.2. The molecule has 2 fully saturated rings. The highest BCUT2D eigenvalue weighted by molar-refractivity contribution is 14.0. The summed E-state index contributed by atoms with van der Waals surface area (Å²) in [6, 6.07) is 0. The smallest absolute Gasteiger partial charge is 0.102 e. The van der Waals surface area contributed by atoms with Crippen molar-refractivity contribution < 1.29 is 0 Å². The number of amidine groups is 1. The largest absolute Gasteiger partial charge is 0.372 e. The lowest BCUT2D eigenvalue weighted by Gasteiger charge is -2.39. The normalized spacial score (nSPS) is 27.9. The van der Waals surface area contributed by atoms with Crippen LogP contribution in [0.1, 0.15) is 60.3 Å². The van der Waals surface area contributed by atoms with Gasteiger partial charge < -0.3 is 10.2 Å². The van der Waals surface area contributed by atoms with E-state index >= 15 is 0 Å². The molecule has 3 aliphatic rings. The molecule has 1 aliphatic carbocycles. The van der Waals surface area contributed by atoms with Crippen molar-refractivity contribution in [1.82, 2.24) is 10.2 Å². The third-order valence-electron chi connectivity index (χ3n) is 4.88. The van der Waals surface area contributed by atoms with E-state index in [1.807, 2.05) is 0 Å². The van der Waals surface area contributed by atoms with E-state index in [1.165, 1.54) is 45.2 Å². The fourth-order valence-corrected chi connectivity index (χ4v) is 3.68. The first-order valence-corrected chi connectivity index (χ1v) is 8.44. The van der Waals surface area contributed by atoms with Crippen molar-refractivity contribution in [3.63, 3.8) is 0 Å². The van der Waals surface area contributed by atoms with Crippen molar-refractivity contribution >= 4 is 29.8 Å². The van der Waals surface area contributed by atoms with Gasteiger partial charge in [-0.3, -0.25) is 4.99 Å². The second-order valence-corrected chi connectivity index (χ2v) is 7.76. The molecule has 2 unspecified atom stereocenters. The van der Waals surface area contributed by atoms with Crippen molar-refractivity contribution in [1.29, 1.82) is 0 Å². The van der Waals surface area contributed by atoms with Gasteiger partial charge in [-0.05, 0) is 38.3 Å². The predicted molar refractivity (Wildman–Crippen MR) is 109 cm³/mol. The molecular formula is C18H38IN3. The molecule has 0 aromatic heterocycles. The zero-order chi connectivity index (χ0) is 14.6. The maximum Gasteiger partial charge on any atom is 0.102 e. The van der Waals surface area contributed by atoms with E-state index in [2.05, 4.69) is 43.0 Å². The number of nitrogens with zero attached hydrogens (tertiary/aromatic N) is 2. The van der Waals surface area contributed by atoms with Gasteiger partial charge in [0.2, 0.25) is 0 Å². The number of hydrogen-bond donors (Lipinski definition) is 1. The van der Waals surface area contributed by atoms with Gasteiger partial charge in [-0.2, -0.15) is 0 Å². The van der Waals surface area contributed by atoms with E-state index in [0.717, 1.165) is 30.8 Å². The molecule has 0 spiro atoms. The van der Waals surface area contributed by atoms with Crippen molar-refractivity contribution in [3.8, 4) is 0 Å². The average molecular weight is 423 g/mol. The van der Waals surface area contributed by atoms with Crippen LogP contribution >= 0.6 is 24.0 Å². The molecule has 0 bridgehead atoms. The minimum atomic E-state index is 0. The van der Waals surface area contributed by atoms with E-state index in [4.69, 9.17) is 0 Å². The van der Waals surface area contributed by atoms with E-state index in [0.29, 0.717) is 0 Å². The van der Waals surface area contributed by atoms with Gasteiger partial charge in [0.25, 0.3) is 0 Å². The van der Waals surface area contributed by atoms with Gasteiger partial charge in [0.1, 0.15) is 5.84 Å². The Morgan fingerprint density at radius 3 is 2.23 bits per heavy atom. The van der Waals surface area contributed by atoms with Crippen LogP contribution in [0, 0.1) is 17.3 Å². The summed E-state index contributed by atoms with van der Waals surface area (Å²) in [4.78, 5) is 6.82. The monoisotopic (exact) mass is 423 g/mol. The molecule has 0 aromatic rings. The summed E-state index contributed by atoms with van der Waals surface area (Å²) in [6.45, 7) is 11.2. The summed E-state index contributed by atoms with van der Waals surface area (Å²) in [6.07, 6.45) is 7.51. The first kappa shape index (κ1) is 22.2. The van der Waals surface area contributed by atoms with Crippen LogP contribution in [0.5, 0.6) is 0 Å². The molecule has 1 saturated carbocycles. The Hall–Kier alpha value is 0.160. The number of halogens is 1. The molecule has 4 heteroatoms. The zero-order valence-electron chi connectivity index (χ0n) is 14.3. The Labute approximate surface area is 155 Å². The zero-order valence-corrected chi connectivity index (χ0v) is 16.7. The van der Waals surface area contributed by atoms with Crippen LogP contribution in [0.3, 0.4) is 0 Å². The lowest BCUT2D eigenvalue weighted by atomic mass is 9.75. The summed E-state index contributed by atoms with van der Waals surface area (Å²) < 4.78 is 0. The Morgan fingerprint density at radius 1 is 1.09 bits per heavy atom. The number of fused-ring (bicyclic) bond motifs is 1. The maximum atomic E-state index is 4.31. The van der Waals surface area contributed by atoms with E-state index < -0.39 is 0 Å². The molecule has 3 rings (SSSR count). The van der Waals surface area contributed by atoms with Crippen molar-refractivity contribution in [2.45, 2.75) is 60.3 Å². The lowest BCUT2D eigenvalue weighted by Crippen LogP contribution is -2.39. The lowest BCUT2D eigenvalue weighted by molar-refractivity contribution is 0.105. The maximum absolute atomic E-state index is 4.31. The Balaban J connectivity index is 0.000000374. The highest BCUT2D eigenvalue weighted by Gasteiger charge is 2.29. The Morgan fingerprint density at radius 2 is 1.73 bits per heavy atom. The number of nitrogens with one attached hydrogen (secondary N) is 1. The van der Waals surface area contributed by atoms with Crippen LogP contribution in [0.25, 0.3) is 0 Å². The van der Waals surface area contributed by atoms with Gasteiger partial charge in [-0.15, -0.1) is 24.0 Å². The molecule has 0 radical (unpaired) electrons. The molecular weight excluding hydrogens is 385 g/mol. The second-order valence-electron chi connectivity index (χ2n) is 7.76. The summed E-state index contributed by atoms with van der Waals surface area (Å²) >= 11 is 0. The van der Waals surface area contributed by atoms with Gasteiger partial charge in [0.15, 0.2) is 0 Å². The number of piperidine rings is 1. The van der Waals surface area contributed by atoms with Crippen molar-refractivity contribution in [3.05, 3.63) is 0 Å². The minimum Gasteiger partial charge on any atom is -0.372 e. The highest BCUT2D eigenvalue weighted by Crippen LogP contribution is 2.35. The van der Waals surface area contributed by atoms with Gasteiger partial charge in [0.05, 0.1) is 6.54 Å². The summed E-state index contributed by atoms with van der Waals surface area (Å²) in [5.74, 6) is 3.31. The third kappa shape index (κ3) is 6.73. The van der Waals surface area contributed by atoms with Gasteiger partial charge >= 0.3 is 0 Å². The number of likely N-dealkylation sites (tertiary alicyclic amines) is 1. The SMILES string of the molecule is C.CC(C)(C)C1=NCCN1.CN1CCC2CCCCC2C1.I. The molecule has 22 heavy (non-hydrogen) atoms. The first-order valence-electron chi connectivity index (χ1n) is 8.44. The van der Waals surface area contributed by atoms with Crippen LogP contribution in [-0.4, -0.2) is 44.0 Å². The molecule has 2 heterocycles. The van der Waals surface area contributed by atoms with Crippen molar-refractivity contribution in [2.24, 2.45) is 22.2 Å². The van der Waals surface area contributed by atoms with Crippen LogP contribution < -0.4 is 5.32 Å². The van der Waals surface area contributed by atoms with E-state index in [1.54, 1.807) is 0 Å². The summed E-state index contributed by atoms with van der Waals surface area (Å²) in [5.41, 5.74) is 0.219. The standard InChI is InChI=1S/C10H19N.C7H14N2.CH4.HI/c1-11-7-6-9-4-2-3-5-10(9)8-11;1-7(2,3)6-8-4-5-9-6;;/h9-10H,2-8H2,1H3;4-5H2,1-3H3,(H,8,9);1H4;1H. The quantitative estimate of drug-likeness (QED) is 0.585. The van der Waals surface area contributed by atoms with Gasteiger partial charge in [-0.1, -0.05) is 47.5 Å². The van der Waals surface area contributed by atoms with Crippen LogP contribution in [0.2, 0.25) is 0 Å². The van der Waals surface area contributed by atoms with Crippen LogP contribution in [-0.2, 0) is 0 Å². The molecule has 2 aliphatic heterocycles. The minimum absolute atomic E-state index is 0. The highest BCUT2D eigenvalue weighted by atomic mass is 127. The molecule has 0 amide bonds. The molecule has 0 aromatic carbocycles. The topological polar surface area (TPSA) is 27.6 Å².